The standard InChI is InChI=1S/C10H5ClN2O/c11-10-13-9(6-14-10)8-3-1-7(5-12)2-4-8/h1-4,6H. The molecule has 0 fully saturated rings. The number of benzene rings is 1. The molecule has 0 bridgehead atoms. The fourth-order valence-electron chi connectivity index (χ4n) is 1.10. The first kappa shape index (κ1) is 8.79. The number of halogens is 1. The maximum absolute atomic E-state index is 8.60. The van der Waals surface area contributed by atoms with Crippen LogP contribution in [0.1, 0.15) is 5.56 Å². The molecule has 0 amide bonds. The van der Waals surface area contributed by atoms with E-state index in [2.05, 4.69) is 4.98 Å². The van der Waals surface area contributed by atoms with E-state index in [1.165, 1.54) is 6.26 Å². The number of rotatable bonds is 1. The molecule has 0 aliphatic rings. The molecule has 0 saturated heterocycles. The molecule has 14 heavy (non-hydrogen) atoms. The number of aromatic nitrogens is 1. The van der Waals surface area contributed by atoms with Crippen molar-refractivity contribution in [1.82, 2.24) is 4.98 Å². The average Bonchev–Trinajstić information content (AvgIpc) is 2.65. The highest BCUT2D eigenvalue weighted by Crippen LogP contribution is 2.20. The van der Waals surface area contributed by atoms with Crippen LogP contribution in [0.2, 0.25) is 5.35 Å². The minimum absolute atomic E-state index is 0.115. The third-order valence-corrected chi connectivity index (χ3v) is 1.96. The highest BCUT2D eigenvalue weighted by atomic mass is 35.5. The fourth-order valence-corrected chi connectivity index (χ4v) is 1.24. The van der Waals surface area contributed by atoms with E-state index in [0.717, 1.165) is 5.56 Å². The Labute approximate surface area is 85.6 Å². The molecule has 0 aliphatic carbocycles. The third-order valence-electron chi connectivity index (χ3n) is 1.79. The topological polar surface area (TPSA) is 49.8 Å². The minimum atomic E-state index is 0.115. The molecule has 68 valence electrons. The van der Waals surface area contributed by atoms with Crippen LogP contribution in [0.3, 0.4) is 0 Å². The van der Waals surface area contributed by atoms with Gasteiger partial charge in [-0.25, -0.2) is 0 Å². The van der Waals surface area contributed by atoms with E-state index in [0.29, 0.717) is 11.3 Å². The van der Waals surface area contributed by atoms with E-state index in [1.54, 1.807) is 24.3 Å². The minimum Gasteiger partial charge on any atom is -0.436 e. The maximum Gasteiger partial charge on any atom is 0.292 e. The molecule has 4 heteroatoms. The summed E-state index contributed by atoms with van der Waals surface area (Å²) < 4.78 is 4.86. The van der Waals surface area contributed by atoms with E-state index in [9.17, 15) is 0 Å². The molecule has 1 aromatic carbocycles. The predicted molar refractivity (Wildman–Crippen MR) is 51.7 cm³/mol. The van der Waals surface area contributed by atoms with Gasteiger partial charge in [-0.05, 0) is 23.7 Å². The van der Waals surface area contributed by atoms with Crippen LogP contribution in [-0.2, 0) is 0 Å². The van der Waals surface area contributed by atoms with Crippen LogP contribution in [-0.4, -0.2) is 4.98 Å². The fraction of sp³-hybridized carbons (Fsp3) is 0. The van der Waals surface area contributed by atoms with Gasteiger partial charge in [0, 0.05) is 5.56 Å². The Morgan fingerprint density at radius 2 is 2.00 bits per heavy atom. The molecule has 0 unspecified atom stereocenters. The molecule has 0 spiro atoms. The first-order valence-corrected chi connectivity index (χ1v) is 4.29. The molecule has 0 radical (unpaired) electrons. The van der Waals surface area contributed by atoms with Gasteiger partial charge >= 0.3 is 0 Å². The predicted octanol–water partition coefficient (Wildman–Crippen LogP) is 2.87. The van der Waals surface area contributed by atoms with Crippen molar-refractivity contribution in [2.45, 2.75) is 0 Å². The lowest BCUT2D eigenvalue weighted by atomic mass is 10.1. The second kappa shape index (κ2) is 3.52. The lowest BCUT2D eigenvalue weighted by Crippen LogP contribution is -1.78. The van der Waals surface area contributed by atoms with Crippen molar-refractivity contribution in [3.8, 4) is 17.3 Å². The molecule has 1 aromatic heterocycles. The number of oxazole rings is 1. The van der Waals surface area contributed by atoms with Crippen molar-refractivity contribution in [1.29, 1.82) is 5.26 Å². The number of hydrogen-bond donors (Lipinski definition) is 0. The highest BCUT2D eigenvalue weighted by Gasteiger charge is 2.03. The van der Waals surface area contributed by atoms with Crippen molar-refractivity contribution in [2.24, 2.45) is 0 Å². The Morgan fingerprint density at radius 3 is 2.50 bits per heavy atom. The van der Waals surface area contributed by atoms with E-state index >= 15 is 0 Å². The summed E-state index contributed by atoms with van der Waals surface area (Å²) in [5, 5.41) is 8.71. The lowest BCUT2D eigenvalue weighted by molar-refractivity contribution is 0.560. The molecule has 0 aliphatic heterocycles. The van der Waals surface area contributed by atoms with Gasteiger partial charge in [0.05, 0.1) is 11.6 Å². The molecule has 2 rings (SSSR count). The van der Waals surface area contributed by atoms with E-state index in [-0.39, 0.29) is 5.35 Å². The Bertz CT molecular complexity index is 482. The van der Waals surface area contributed by atoms with Gasteiger partial charge in [-0.2, -0.15) is 10.2 Å². The van der Waals surface area contributed by atoms with Crippen molar-refractivity contribution in [3.05, 3.63) is 41.4 Å². The van der Waals surface area contributed by atoms with Gasteiger partial charge in [0.2, 0.25) is 0 Å². The second-order valence-corrected chi connectivity index (χ2v) is 3.00. The molecule has 0 saturated carbocycles. The Balaban J connectivity index is 2.39. The zero-order valence-electron chi connectivity index (χ0n) is 7.07. The van der Waals surface area contributed by atoms with Gasteiger partial charge in [-0.1, -0.05) is 12.1 Å². The van der Waals surface area contributed by atoms with Crippen LogP contribution in [0.15, 0.2) is 34.9 Å². The monoisotopic (exact) mass is 204 g/mol. The summed E-state index contributed by atoms with van der Waals surface area (Å²) >= 11 is 5.54. The Morgan fingerprint density at radius 1 is 1.29 bits per heavy atom. The van der Waals surface area contributed by atoms with E-state index in [1.807, 2.05) is 6.07 Å². The SMILES string of the molecule is N#Cc1ccc(-c2coc(Cl)n2)cc1. The quantitative estimate of drug-likeness (QED) is 0.718. The first-order valence-electron chi connectivity index (χ1n) is 3.91. The maximum atomic E-state index is 8.60. The highest BCUT2D eigenvalue weighted by molar-refractivity contribution is 6.27. The van der Waals surface area contributed by atoms with Gasteiger partial charge in [-0.15, -0.1) is 0 Å². The summed E-state index contributed by atoms with van der Waals surface area (Å²) in [6.07, 6.45) is 1.48. The zero-order valence-corrected chi connectivity index (χ0v) is 7.82. The summed E-state index contributed by atoms with van der Waals surface area (Å²) in [5.74, 6) is 0. The summed E-state index contributed by atoms with van der Waals surface area (Å²) in [7, 11) is 0. The van der Waals surface area contributed by atoms with Gasteiger partial charge < -0.3 is 4.42 Å². The first-order chi connectivity index (χ1) is 6.79. The lowest BCUT2D eigenvalue weighted by Gasteiger charge is -1.93. The van der Waals surface area contributed by atoms with Crippen LogP contribution in [0.5, 0.6) is 0 Å². The Hall–Kier alpha value is -1.79. The summed E-state index contributed by atoms with van der Waals surface area (Å²) in [6, 6.07) is 9.08. The smallest absolute Gasteiger partial charge is 0.292 e. The molecule has 3 nitrogen and oxygen atoms in total. The van der Waals surface area contributed by atoms with Crippen molar-refractivity contribution >= 4 is 11.6 Å². The van der Waals surface area contributed by atoms with Crippen LogP contribution in [0.4, 0.5) is 0 Å². The molecule has 1 heterocycles. The summed E-state index contributed by atoms with van der Waals surface area (Å²) in [4.78, 5) is 3.95. The number of hydrogen-bond acceptors (Lipinski definition) is 3. The van der Waals surface area contributed by atoms with Gasteiger partial charge in [0.1, 0.15) is 12.0 Å². The average molecular weight is 205 g/mol. The molecule has 2 aromatic rings. The van der Waals surface area contributed by atoms with Crippen molar-refractivity contribution in [2.75, 3.05) is 0 Å². The molecular formula is C10H5ClN2O. The summed E-state index contributed by atoms with van der Waals surface area (Å²) in [6.45, 7) is 0. The largest absolute Gasteiger partial charge is 0.436 e. The van der Waals surface area contributed by atoms with Gasteiger partial charge in [-0.3, -0.25) is 0 Å². The van der Waals surface area contributed by atoms with Gasteiger partial charge in [0.25, 0.3) is 5.35 Å². The molecule has 0 atom stereocenters. The molecular weight excluding hydrogens is 200 g/mol. The summed E-state index contributed by atoms with van der Waals surface area (Å²) in [5.41, 5.74) is 2.16. The van der Waals surface area contributed by atoms with Crippen LogP contribution >= 0.6 is 11.6 Å². The van der Waals surface area contributed by atoms with Crippen molar-refractivity contribution in [3.63, 3.8) is 0 Å². The number of nitriles is 1. The van der Waals surface area contributed by atoms with Gasteiger partial charge in [0.15, 0.2) is 0 Å². The zero-order chi connectivity index (χ0) is 9.97. The number of nitrogens with zero attached hydrogens (tertiary/aromatic N) is 2. The third kappa shape index (κ3) is 1.61. The van der Waals surface area contributed by atoms with Crippen LogP contribution in [0, 0.1) is 11.3 Å². The van der Waals surface area contributed by atoms with Crippen LogP contribution < -0.4 is 0 Å². The Kier molecular flexibility index (Phi) is 2.21. The molecule has 0 N–H and O–H groups in total. The van der Waals surface area contributed by atoms with E-state index in [4.69, 9.17) is 21.3 Å². The van der Waals surface area contributed by atoms with Crippen molar-refractivity contribution < 1.29 is 4.42 Å². The van der Waals surface area contributed by atoms with E-state index < -0.39 is 0 Å². The van der Waals surface area contributed by atoms with Crippen LogP contribution in [0.25, 0.3) is 11.3 Å². The normalized spacial score (nSPS) is 9.71. The second-order valence-electron chi connectivity index (χ2n) is 2.67.